The quantitative estimate of drug-likeness (QED) is 0.885. The molecule has 1 aliphatic heterocycles. The van der Waals surface area contributed by atoms with Crippen molar-refractivity contribution in [1.82, 2.24) is 4.98 Å². The average Bonchev–Trinajstić information content (AvgIpc) is 2.87. The van der Waals surface area contributed by atoms with E-state index in [1.807, 2.05) is 23.6 Å². The lowest BCUT2D eigenvalue weighted by molar-refractivity contribution is 0.171. The highest BCUT2D eigenvalue weighted by Gasteiger charge is 2.13. The molecule has 88 valence electrons. The number of aliphatic hydroxyl groups excluding tert-OH is 1. The van der Waals surface area contributed by atoms with Crippen LogP contribution in [0.4, 0.5) is 0 Å². The van der Waals surface area contributed by atoms with E-state index in [1.165, 1.54) is 11.3 Å². The Morgan fingerprint density at radius 2 is 2.06 bits per heavy atom. The van der Waals surface area contributed by atoms with E-state index < -0.39 is 0 Å². The lowest BCUT2D eigenvalue weighted by Gasteiger charge is -2.18. The van der Waals surface area contributed by atoms with Gasteiger partial charge in [0.2, 0.25) is 0 Å². The van der Waals surface area contributed by atoms with E-state index in [9.17, 15) is 0 Å². The minimum absolute atomic E-state index is 0.0186. The summed E-state index contributed by atoms with van der Waals surface area (Å²) >= 11 is 1.45. The zero-order chi connectivity index (χ0) is 11.7. The first-order chi connectivity index (χ1) is 8.36. The van der Waals surface area contributed by atoms with Gasteiger partial charge in [0, 0.05) is 10.9 Å². The molecule has 2 heterocycles. The maximum atomic E-state index is 8.99. The first-order valence-electron chi connectivity index (χ1n) is 5.32. The van der Waals surface area contributed by atoms with Crippen LogP contribution in [0.25, 0.3) is 11.3 Å². The summed E-state index contributed by atoms with van der Waals surface area (Å²) in [6.07, 6.45) is 0. The summed E-state index contributed by atoms with van der Waals surface area (Å²) in [5.74, 6) is 1.53. The summed E-state index contributed by atoms with van der Waals surface area (Å²) in [7, 11) is 0. The fraction of sp³-hybridized carbons (Fsp3) is 0.250. The second-order valence-electron chi connectivity index (χ2n) is 3.64. The smallest absolute Gasteiger partial charge is 0.162 e. The molecule has 0 saturated heterocycles. The number of ether oxygens (including phenoxy) is 2. The predicted molar refractivity (Wildman–Crippen MR) is 64.5 cm³/mol. The van der Waals surface area contributed by atoms with E-state index in [0.29, 0.717) is 13.2 Å². The van der Waals surface area contributed by atoms with Gasteiger partial charge in [0.15, 0.2) is 11.5 Å². The lowest BCUT2D eigenvalue weighted by Crippen LogP contribution is -2.15. The average molecular weight is 249 g/mol. The van der Waals surface area contributed by atoms with Crippen LogP contribution in [0.2, 0.25) is 0 Å². The van der Waals surface area contributed by atoms with Crippen LogP contribution in [-0.2, 0) is 6.61 Å². The molecular formula is C12H11NO3S. The van der Waals surface area contributed by atoms with Crippen molar-refractivity contribution in [3.8, 4) is 22.8 Å². The molecule has 5 heteroatoms. The van der Waals surface area contributed by atoms with Gasteiger partial charge in [-0.15, -0.1) is 11.3 Å². The minimum Gasteiger partial charge on any atom is -0.486 e. The molecule has 3 rings (SSSR count). The molecule has 1 aromatic carbocycles. The molecule has 2 aromatic rings. The lowest BCUT2D eigenvalue weighted by atomic mass is 10.1. The van der Waals surface area contributed by atoms with Gasteiger partial charge in [-0.2, -0.15) is 0 Å². The topological polar surface area (TPSA) is 51.6 Å². The summed E-state index contributed by atoms with van der Waals surface area (Å²) in [5.41, 5.74) is 1.83. The normalized spacial score (nSPS) is 13.7. The maximum absolute atomic E-state index is 8.99. The van der Waals surface area contributed by atoms with Gasteiger partial charge in [0.25, 0.3) is 0 Å². The van der Waals surface area contributed by atoms with Gasteiger partial charge in [0.1, 0.15) is 18.2 Å². The second-order valence-corrected chi connectivity index (χ2v) is 4.59. The van der Waals surface area contributed by atoms with Crippen LogP contribution in [0.5, 0.6) is 11.5 Å². The Labute approximate surface area is 102 Å². The number of fused-ring (bicyclic) bond motifs is 1. The molecule has 17 heavy (non-hydrogen) atoms. The fourth-order valence-corrected chi connectivity index (χ4v) is 2.38. The highest BCUT2D eigenvalue weighted by atomic mass is 32.1. The van der Waals surface area contributed by atoms with Crippen molar-refractivity contribution in [3.63, 3.8) is 0 Å². The van der Waals surface area contributed by atoms with Crippen molar-refractivity contribution < 1.29 is 14.6 Å². The Morgan fingerprint density at radius 1 is 1.24 bits per heavy atom. The van der Waals surface area contributed by atoms with Crippen molar-refractivity contribution in [2.45, 2.75) is 6.61 Å². The molecule has 0 amide bonds. The summed E-state index contributed by atoms with van der Waals surface area (Å²) in [6.45, 7) is 1.16. The van der Waals surface area contributed by atoms with Crippen LogP contribution in [-0.4, -0.2) is 23.3 Å². The van der Waals surface area contributed by atoms with Crippen molar-refractivity contribution in [3.05, 3.63) is 28.6 Å². The fourth-order valence-electron chi connectivity index (χ4n) is 1.72. The third-order valence-electron chi connectivity index (χ3n) is 2.52. The van der Waals surface area contributed by atoms with Crippen molar-refractivity contribution in [2.24, 2.45) is 0 Å². The molecule has 0 saturated carbocycles. The highest BCUT2D eigenvalue weighted by molar-refractivity contribution is 7.09. The standard InChI is InChI=1S/C12H11NO3S/c14-6-12-13-9(7-17-12)8-1-2-10-11(5-8)16-4-3-15-10/h1-2,5,7,14H,3-4,6H2. The third kappa shape index (κ3) is 1.99. The Morgan fingerprint density at radius 3 is 2.82 bits per heavy atom. The van der Waals surface area contributed by atoms with Gasteiger partial charge < -0.3 is 14.6 Å². The van der Waals surface area contributed by atoms with Crippen LogP contribution in [0.3, 0.4) is 0 Å². The van der Waals surface area contributed by atoms with E-state index in [0.717, 1.165) is 27.8 Å². The Bertz CT molecular complexity index is 538. The van der Waals surface area contributed by atoms with E-state index >= 15 is 0 Å². The molecule has 1 N–H and O–H groups in total. The number of aromatic nitrogens is 1. The molecule has 0 bridgehead atoms. The van der Waals surface area contributed by atoms with Crippen LogP contribution in [0.1, 0.15) is 5.01 Å². The Hall–Kier alpha value is -1.59. The van der Waals surface area contributed by atoms with Crippen LogP contribution < -0.4 is 9.47 Å². The van der Waals surface area contributed by atoms with E-state index in [4.69, 9.17) is 14.6 Å². The van der Waals surface area contributed by atoms with Crippen molar-refractivity contribution in [1.29, 1.82) is 0 Å². The summed E-state index contributed by atoms with van der Waals surface area (Å²) in [5, 5.41) is 11.6. The summed E-state index contributed by atoms with van der Waals surface area (Å²) < 4.78 is 11.0. The molecule has 0 fully saturated rings. The number of nitrogens with zero attached hydrogens (tertiary/aromatic N) is 1. The Kier molecular flexibility index (Phi) is 2.70. The highest BCUT2D eigenvalue weighted by Crippen LogP contribution is 2.34. The molecule has 0 unspecified atom stereocenters. The SMILES string of the molecule is OCc1nc(-c2ccc3c(c2)OCCO3)cs1. The van der Waals surface area contributed by atoms with E-state index in [1.54, 1.807) is 0 Å². The first kappa shape index (κ1) is 10.6. The van der Waals surface area contributed by atoms with Crippen LogP contribution in [0, 0.1) is 0 Å². The van der Waals surface area contributed by atoms with Gasteiger partial charge in [-0.3, -0.25) is 0 Å². The molecule has 0 spiro atoms. The van der Waals surface area contributed by atoms with E-state index in [-0.39, 0.29) is 6.61 Å². The second kappa shape index (κ2) is 4.35. The van der Waals surface area contributed by atoms with Crippen LogP contribution >= 0.6 is 11.3 Å². The number of hydrogen-bond acceptors (Lipinski definition) is 5. The number of benzene rings is 1. The maximum Gasteiger partial charge on any atom is 0.162 e. The molecule has 4 nitrogen and oxygen atoms in total. The minimum atomic E-state index is -0.0186. The largest absolute Gasteiger partial charge is 0.486 e. The number of aliphatic hydroxyl groups is 1. The van der Waals surface area contributed by atoms with Gasteiger partial charge in [0.05, 0.1) is 12.3 Å². The monoisotopic (exact) mass is 249 g/mol. The zero-order valence-corrected chi connectivity index (χ0v) is 9.87. The zero-order valence-electron chi connectivity index (χ0n) is 9.05. The van der Waals surface area contributed by atoms with Crippen LogP contribution in [0.15, 0.2) is 23.6 Å². The Balaban J connectivity index is 1.97. The number of thiazole rings is 1. The molecule has 0 aliphatic carbocycles. The summed E-state index contributed by atoms with van der Waals surface area (Å²) in [4.78, 5) is 4.32. The van der Waals surface area contributed by atoms with Gasteiger partial charge in [-0.25, -0.2) is 4.98 Å². The molecule has 0 radical (unpaired) electrons. The van der Waals surface area contributed by atoms with Crippen molar-refractivity contribution in [2.75, 3.05) is 13.2 Å². The molecule has 0 atom stereocenters. The van der Waals surface area contributed by atoms with Gasteiger partial charge in [-0.05, 0) is 18.2 Å². The molecule has 1 aromatic heterocycles. The summed E-state index contributed by atoms with van der Waals surface area (Å²) in [6, 6.07) is 5.76. The van der Waals surface area contributed by atoms with Crippen molar-refractivity contribution >= 4 is 11.3 Å². The van der Waals surface area contributed by atoms with Gasteiger partial charge in [-0.1, -0.05) is 0 Å². The predicted octanol–water partition coefficient (Wildman–Crippen LogP) is 2.07. The van der Waals surface area contributed by atoms with Gasteiger partial charge >= 0.3 is 0 Å². The first-order valence-corrected chi connectivity index (χ1v) is 6.20. The van der Waals surface area contributed by atoms with E-state index in [2.05, 4.69) is 4.98 Å². The third-order valence-corrected chi connectivity index (χ3v) is 3.36. The molecule has 1 aliphatic rings. The number of rotatable bonds is 2. The molecular weight excluding hydrogens is 238 g/mol. The number of hydrogen-bond donors (Lipinski definition) is 1.